The lowest BCUT2D eigenvalue weighted by molar-refractivity contribution is -0.236. The molecule has 1 rings (SSSR count). The Bertz CT molecular complexity index is 490. The van der Waals surface area contributed by atoms with Crippen LogP contribution in [-0.2, 0) is 15.3 Å². The summed E-state index contributed by atoms with van der Waals surface area (Å²) < 4.78 is 16.3. The van der Waals surface area contributed by atoms with Crippen LogP contribution in [0.1, 0.15) is 52.0 Å². The van der Waals surface area contributed by atoms with Gasteiger partial charge in [0.1, 0.15) is 0 Å². The van der Waals surface area contributed by atoms with E-state index < -0.39 is 11.9 Å². The standard InChI is InChI=1S/C17H26O6/c1-4-6-11-21-17(3,22-12-7-5-2)13-9-8-10-14(15(13)18)23-16(19)20/h8-10,18H,4-7,11-12H2,1-3H3,(H,19,20). The molecule has 0 aliphatic rings. The van der Waals surface area contributed by atoms with E-state index in [0.717, 1.165) is 25.7 Å². The summed E-state index contributed by atoms with van der Waals surface area (Å²) in [6, 6.07) is 4.62. The van der Waals surface area contributed by atoms with Crippen LogP contribution in [0, 0.1) is 0 Å². The van der Waals surface area contributed by atoms with Crippen LogP contribution in [0.15, 0.2) is 18.2 Å². The Morgan fingerprint density at radius 1 is 1.13 bits per heavy atom. The van der Waals surface area contributed by atoms with E-state index in [9.17, 15) is 9.90 Å². The van der Waals surface area contributed by atoms with Gasteiger partial charge in [0.2, 0.25) is 0 Å². The summed E-state index contributed by atoms with van der Waals surface area (Å²) in [5.41, 5.74) is 0.350. The number of unbranched alkanes of at least 4 members (excludes halogenated alkanes) is 2. The maximum absolute atomic E-state index is 10.7. The quantitative estimate of drug-likeness (QED) is 0.289. The Balaban J connectivity index is 3.06. The third-order valence-electron chi connectivity index (χ3n) is 3.44. The molecule has 0 fully saturated rings. The van der Waals surface area contributed by atoms with Crippen LogP contribution in [-0.4, -0.2) is 29.6 Å². The van der Waals surface area contributed by atoms with Gasteiger partial charge in [0.25, 0.3) is 0 Å². The Labute approximate surface area is 137 Å². The topological polar surface area (TPSA) is 85.2 Å². The summed E-state index contributed by atoms with van der Waals surface area (Å²) in [5, 5.41) is 19.1. The number of phenolic OH excluding ortho intramolecular Hbond substituents is 1. The normalized spacial score (nSPS) is 11.4. The Morgan fingerprint density at radius 3 is 2.17 bits per heavy atom. The molecule has 1 aromatic carbocycles. The van der Waals surface area contributed by atoms with Crippen molar-refractivity contribution in [3.63, 3.8) is 0 Å². The summed E-state index contributed by atoms with van der Waals surface area (Å²) in [6.07, 6.45) is 2.17. The van der Waals surface area contributed by atoms with Crippen molar-refractivity contribution in [2.75, 3.05) is 13.2 Å². The third kappa shape index (κ3) is 5.73. The Morgan fingerprint density at radius 2 is 1.70 bits per heavy atom. The lowest BCUT2D eigenvalue weighted by Gasteiger charge is -2.31. The highest BCUT2D eigenvalue weighted by Gasteiger charge is 2.33. The first-order chi connectivity index (χ1) is 10.9. The second kappa shape index (κ2) is 9.37. The second-order valence-corrected chi connectivity index (χ2v) is 5.37. The minimum absolute atomic E-state index is 0.139. The van der Waals surface area contributed by atoms with E-state index in [2.05, 4.69) is 18.6 Å². The summed E-state index contributed by atoms with van der Waals surface area (Å²) in [4.78, 5) is 10.7. The smallest absolute Gasteiger partial charge is 0.504 e. The van der Waals surface area contributed by atoms with Gasteiger partial charge in [-0.2, -0.15) is 0 Å². The molecule has 6 heteroatoms. The number of carboxylic acid groups (broad SMARTS) is 1. The summed E-state index contributed by atoms with van der Waals surface area (Å²) in [5.74, 6) is -1.59. The van der Waals surface area contributed by atoms with Gasteiger partial charge in [0, 0.05) is 0 Å². The van der Waals surface area contributed by atoms with Gasteiger partial charge in [-0.05, 0) is 31.9 Å². The molecule has 0 heterocycles. The van der Waals surface area contributed by atoms with Crippen molar-refractivity contribution in [3.05, 3.63) is 23.8 Å². The number of hydrogen-bond donors (Lipinski definition) is 2. The van der Waals surface area contributed by atoms with E-state index in [0.29, 0.717) is 18.8 Å². The molecule has 0 amide bonds. The molecule has 0 atom stereocenters. The highest BCUT2D eigenvalue weighted by Crippen LogP contribution is 2.39. The van der Waals surface area contributed by atoms with Crippen LogP contribution < -0.4 is 4.74 Å². The molecule has 130 valence electrons. The third-order valence-corrected chi connectivity index (χ3v) is 3.44. The number of rotatable bonds is 10. The molecule has 0 radical (unpaired) electrons. The number of hydrogen-bond acceptors (Lipinski definition) is 5. The van der Waals surface area contributed by atoms with Gasteiger partial charge < -0.3 is 24.4 Å². The predicted octanol–water partition coefficient (Wildman–Crippen LogP) is 4.26. The fraction of sp³-hybridized carbons (Fsp3) is 0.588. The fourth-order valence-electron chi connectivity index (χ4n) is 2.08. The van der Waals surface area contributed by atoms with Crippen molar-refractivity contribution >= 4 is 6.16 Å². The van der Waals surface area contributed by atoms with E-state index in [1.807, 2.05) is 0 Å². The van der Waals surface area contributed by atoms with Crippen LogP contribution >= 0.6 is 0 Å². The first-order valence-electron chi connectivity index (χ1n) is 7.95. The van der Waals surface area contributed by atoms with Crippen LogP contribution in [0.4, 0.5) is 4.79 Å². The Hall–Kier alpha value is -1.79. The minimum atomic E-state index is -1.49. The van der Waals surface area contributed by atoms with Gasteiger partial charge in [-0.3, -0.25) is 0 Å². The van der Waals surface area contributed by atoms with Gasteiger partial charge in [-0.15, -0.1) is 0 Å². The van der Waals surface area contributed by atoms with Gasteiger partial charge in [0.05, 0.1) is 18.8 Å². The van der Waals surface area contributed by atoms with Crippen molar-refractivity contribution in [3.8, 4) is 11.5 Å². The molecule has 2 N–H and O–H groups in total. The molecular weight excluding hydrogens is 300 g/mol. The zero-order valence-corrected chi connectivity index (χ0v) is 14.0. The number of ether oxygens (including phenoxy) is 3. The molecule has 0 unspecified atom stereocenters. The lowest BCUT2D eigenvalue weighted by Crippen LogP contribution is -2.31. The van der Waals surface area contributed by atoms with Gasteiger partial charge in [-0.1, -0.05) is 32.8 Å². The van der Waals surface area contributed by atoms with Gasteiger partial charge >= 0.3 is 6.16 Å². The molecule has 0 aliphatic heterocycles. The summed E-state index contributed by atoms with van der Waals surface area (Å²) in [7, 11) is 0. The molecule has 0 saturated heterocycles. The van der Waals surface area contributed by atoms with Crippen LogP contribution in [0.2, 0.25) is 0 Å². The molecule has 1 aromatic rings. The molecule has 0 bridgehead atoms. The van der Waals surface area contributed by atoms with Gasteiger partial charge in [-0.25, -0.2) is 4.79 Å². The van der Waals surface area contributed by atoms with Crippen molar-refractivity contribution < 1.29 is 29.2 Å². The lowest BCUT2D eigenvalue weighted by atomic mass is 10.0. The maximum Gasteiger partial charge on any atom is 0.511 e. The van der Waals surface area contributed by atoms with Crippen LogP contribution in [0.25, 0.3) is 0 Å². The van der Waals surface area contributed by atoms with Gasteiger partial charge in [0.15, 0.2) is 17.3 Å². The predicted molar refractivity (Wildman–Crippen MR) is 85.8 cm³/mol. The van der Waals surface area contributed by atoms with E-state index in [1.165, 1.54) is 6.07 Å². The van der Waals surface area contributed by atoms with Crippen LogP contribution in [0.5, 0.6) is 11.5 Å². The van der Waals surface area contributed by atoms with E-state index >= 15 is 0 Å². The van der Waals surface area contributed by atoms with Crippen molar-refractivity contribution in [2.24, 2.45) is 0 Å². The molecule has 0 aliphatic carbocycles. The number of para-hydroxylation sites is 1. The summed E-state index contributed by atoms with van der Waals surface area (Å²) >= 11 is 0. The molecule has 23 heavy (non-hydrogen) atoms. The highest BCUT2D eigenvalue weighted by molar-refractivity contribution is 5.63. The maximum atomic E-state index is 10.7. The first kappa shape index (κ1) is 19.3. The number of benzene rings is 1. The van der Waals surface area contributed by atoms with E-state index in [-0.39, 0.29) is 11.5 Å². The average molecular weight is 326 g/mol. The number of phenols is 1. The Kier molecular flexibility index (Phi) is 7.85. The van der Waals surface area contributed by atoms with Crippen molar-refractivity contribution in [1.29, 1.82) is 0 Å². The zero-order chi connectivity index (χ0) is 17.3. The SMILES string of the molecule is CCCCOC(C)(OCCCC)c1cccc(OC(=O)O)c1O. The second-order valence-electron chi connectivity index (χ2n) is 5.37. The average Bonchev–Trinajstić information content (AvgIpc) is 2.49. The molecule has 0 saturated carbocycles. The van der Waals surface area contributed by atoms with E-state index in [1.54, 1.807) is 19.1 Å². The zero-order valence-electron chi connectivity index (χ0n) is 14.0. The largest absolute Gasteiger partial charge is 0.511 e. The highest BCUT2D eigenvalue weighted by atomic mass is 16.7. The molecule has 6 nitrogen and oxygen atoms in total. The summed E-state index contributed by atoms with van der Waals surface area (Å²) in [6.45, 7) is 6.78. The monoisotopic (exact) mass is 326 g/mol. The number of carbonyl (C=O) groups is 1. The van der Waals surface area contributed by atoms with E-state index in [4.69, 9.17) is 14.6 Å². The molecular formula is C17H26O6. The first-order valence-corrected chi connectivity index (χ1v) is 7.95. The fourth-order valence-corrected chi connectivity index (χ4v) is 2.08. The molecule has 0 spiro atoms. The van der Waals surface area contributed by atoms with Crippen molar-refractivity contribution in [1.82, 2.24) is 0 Å². The molecule has 0 aromatic heterocycles. The minimum Gasteiger partial charge on any atom is -0.504 e. The number of aromatic hydroxyl groups is 1. The van der Waals surface area contributed by atoms with Crippen LogP contribution in [0.3, 0.4) is 0 Å². The van der Waals surface area contributed by atoms with Crippen molar-refractivity contribution in [2.45, 2.75) is 52.2 Å².